The second-order valence-electron chi connectivity index (χ2n) is 6.58. The third kappa shape index (κ3) is 4.79. The minimum atomic E-state index is -0.773. The average Bonchev–Trinajstić information content (AvgIpc) is 3.08. The Morgan fingerprint density at radius 2 is 1.89 bits per heavy atom. The van der Waals surface area contributed by atoms with Gasteiger partial charge in [0.05, 0.1) is 11.4 Å². The van der Waals surface area contributed by atoms with Crippen molar-refractivity contribution in [2.45, 2.75) is 39.0 Å². The average molecular weight is 388 g/mol. The van der Waals surface area contributed by atoms with Gasteiger partial charge in [0.25, 0.3) is 5.91 Å². The Bertz CT molecular complexity index is 849. The first kappa shape index (κ1) is 19.7. The van der Waals surface area contributed by atoms with Crippen molar-refractivity contribution in [3.63, 3.8) is 0 Å². The van der Waals surface area contributed by atoms with Crippen LogP contribution in [0.5, 0.6) is 11.5 Å². The molecule has 150 valence electrons. The number of carbonyl (C=O) groups excluding carboxylic acids is 1. The summed E-state index contributed by atoms with van der Waals surface area (Å²) in [7, 11) is 0. The van der Waals surface area contributed by atoms with E-state index in [1.54, 1.807) is 11.6 Å². The zero-order valence-electron chi connectivity index (χ0n) is 15.8. The number of nitrogens with one attached hydrogen (secondary N) is 1. The van der Waals surface area contributed by atoms with Crippen molar-refractivity contribution in [1.29, 1.82) is 0 Å². The van der Waals surface area contributed by atoms with Crippen LogP contribution in [-0.4, -0.2) is 51.7 Å². The van der Waals surface area contributed by atoms with Crippen LogP contribution in [0.1, 0.15) is 48.3 Å². The van der Waals surface area contributed by atoms with Crippen molar-refractivity contribution in [3.05, 3.63) is 29.6 Å². The number of hydrogen-bond acceptors (Lipinski definition) is 6. The second kappa shape index (κ2) is 9.20. The Balaban J connectivity index is 1.54. The van der Waals surface area contributed by atoms with Crippen LogP contribution in [0.25, 0.3) is 5.69 Å². The molecule has 1 aromatic heterocycles. The van der Waals surface area contributed by atoms with Crippen LogP contribution in [0.3, 0.4) is 0 Å². The van der Waals surface area contributed by atoms with E-state index in [0.29, 0.717) is 43.4 Å². The Hall–Kier alpha value is -3.10. The molecule has 28 heavy (non-hydrogen) atoms. The lowest BCUT2D eigenvalue weighted by atomic mass is 10.1. The highest BCUT2D eigenvalue weighted by Crippen LogP contribution is 2.32. The molecule has 0 fully saturated rings. The van der Waals surface area contributed by atoms with Crippen LogP contribution in [0.4, 0.5) is 0 Å². The van der Waals surface area contributed by atoms with E-state index < -0.39 is 5.97 Å². The molecule has 1 aliphatic rings. The third-order valence-corrected chi connectivity index (χ3v) is 4.48. The van der Waals surface area contributed by atoms with Crippen LogP contribution in [-0.2, 0) is 4.79 Å². The Labute approximate surface area is 162 Å². The largest absolute Gasteiger partial charge is 0.486 e. The fraction of sp³-hybridized carbons (Fsp3) is 0.474. The SMILES string of the molecule is Cc1c(C(=O)NCCCCCCC(=O)O)nnn1-c1ccc2c(c1)OCCO2. The number of ether oxygens (including phenoxy) is 2. The number of hydrogen-bond donors (Lipinski definition) is 2. The third-order valence-electron chi connectivity index (χ3n) is 4.48. The number of nitrogens with zero attached hydrogens (tertiary/aromatic N) is 3. The molecule has 0 aliphatic carbocycles. The van der Waals surface area contributed by atoms with E-state index in [1.165, 1.54) is 0 Å². The normalized spacial score (nSPS) is 12.6. The van der Waals surface area contributed by atoms with E-state index in [1.807, 2.05) is 18.2 Å². The van der Waals surface area contributed by atoms with Gasteiger partial charge in [-0.1, -0.05) is 18.1 Å². The van der Waals surface area contributed by atoms with Gasteiger partial charge in [-0.3, -0.25) is 9.59 Å². The summed E-state index contributed by atoms with van der Waals surface area (Å²) in [6.07, 6.45) is 3.35. The van der Waals surface area contributed by atoms with Gasteiger partial charge in [0.2, 0.25) is 0 Å². The van der Waals surface area contributed by atoms with Gasteiger partial charge in [0.15, 0.2) is 17.2 Å². The highest BCUT2D eigenvalue weighted by Gasteiger charge is 2.19. The van der Waals surface area contributed by atoms with E-state index in [-0.39, 0.29) is 18.0 Å². The molecule has 0 radical (unpaired) electrons. The lowest BCUT2D eigenvalue weighted by Crippen LogP contribution is -2.25. The first-order chi connectivity index (χ1) is 13.6. The van der Waals surface area contributed by atoms with Crippen molar-refractivity contribution in [1.82, 2.24) is 20.3 Å². The highest BCUT2D eigenvalue weighted by atomic mass is 16.6. The fourth-order valence-electron chi connectivity index (χ4n) is 2.99. The van der Waals surface area contributed by atoms with Crippen LogP contribution in [0.15, 0.2) is 18.2 Å². The maximum atomic E-state index is 12.4. The highest BCUT2D eigenvalue weighted by molar-refractivity contribution is 5.93. The summed E-state index contributed by atoms with van der Waals surface area (Å²) >= 11 is 0. The van der Waals surface area contributed by atoms with Gasteiger partial charge in [-0.2, -0.15) is 0 Å². The predicted molar refractivity (Wildman–Crippen MR) is 100 cm³/mol. The minimum absolute atomic E-state index is 0.189. The number of unbranched alkanes of at least 4 members (excludes halogenated alkanes) is 3. The summed E-state index contributed by atoms with van der Waals surface area (Å²) in [5.41, 5.74) is 1.66. The molecule has 1 aliphatic heterocycles. The monoisotopic (exact) mass is 388 g/mol. The molecule has 0 saturated heterocycles. The molecule has 0 saturated carbocycles. The van der Waals surface area contributed by atoms with Gasteiger partial charge < -0.3 is 19.9 Å². The molecule has 2 heterocycles. The molecule has 9 nitrogen and oxygen atoms in total. The summed E-state index contributed by atoms with van der Waals surface area (Å²) in [6.45, 7) is 3.33. The topological polar surface area (TPSA) is 116 Å². The number of fused-ring (bicyclic) bond motifs is 1. The second-order valence-corrected chi connectivity index (χ2v) is 6.58. The predicted octanol–water partition coefficient (Wildman–Crippen LogP) is 2.11. The molecule has 1 amide bonds. The zero-order valence-corrected chi connectivity index (χ0v) is 15.8. The molecule has 0 spiro atoms. The van der Waals surface area contributed by atoms with Crippen LogP contribution in [0, 0.1) is 6.92 Å². The van der Waals surface area contributed by atoms with Gasteiger partial charge in [-0.05, 0) is 31.9 Å². The molecule has 0 bridgehead atoms. The Morgan fingerprint density at radius 1 is 1.14 bits per heavy atom. The summed E-state index contributed by atoms with van der Waals surface area (Å²) < 4.78 is 12.7. The molecule has 2 N–H and O–H groups in total. The van der Waals surface area contributed by atoms with Gasteiger partial charge in [0, 0.05) is 19.0 Å². The molecule has 0 unspecified atom stereocenters. The lowest BCUT2D eigenvalue weighted by molar-refractivity contribution is -0.137. The number of carboxylic acid groups (broad SMARTS) is 1. The number of rotatable bonds is 9. The molecule has 2 aromatic rings. The van der Waals surface area contributed by atoms with E-state index in [4.69, 9.17) is 14.6 Å². The number of aliphatic carboxylic acids is 1. The van der Waals surface area contributed by atoms with Gasteiger partial charge in [-0.25, -0.2) is 4.68 Å². The first-order valence-corrected chi connectivity index (χ1v) is 9.38. The Morgan fingerprint density at radius 3 is 2.68 bits per heavy atom. The summed E-state index contributed by atoms with van der Waals surface area (Å²) in [5, 5.41) is 19.5. The van der Waals surface area contributed by atoms with Gasteiger partial charge >= 0.3 is 5.97 Å². The van der Waals surface area contributed by atoms with Crippen LogP contribution < -0.4 is 14.8 Å². The molecule has 1 aromatic carbocycles. The minimum Gasteiger partial charge on any atom is -0.486 e. The number of carboxylic acids is 1. The smallest absolute Gasteiger partial charge is 0.303 e. The van der Waals surface area contributed by atoms with E-state index in [9.17, 15) is 9.59 Å². The number of aromatic nitrogens is 3. The van der Waals surface area contributed by atoms with Crippen LogP contribution >= 0.6 is 0 Å². The summed E-state index contributed by atoms with van der Waals surface area (Å²) in [5.74, 6) is 0.290. The van der Waals surface area contributed by atoms with Crippen molar-refractivity contribution in [2.75, 3.05) is 19.8 Å². The number of benzene rings is 1. The van der Waals surface area contributed by atoms with Gasteiger partial charge in [0.1, 0.15) is 13.2 Å². The number of amides is 1. The van der Waals surface area contributed by atoms with Crippen molar-refractivity contribution >= 4 is 11.9 Å². The molecular formula is C19H24N4O5. The van der Waals surface area contributed by atoms with Gasteiger partial charge in [-0.15, -0.1) is 5.10 Å². The van der Waals surface area contributed by atoms with E-state index >= 15 is 0 Å². The standard InChI is InChI=1S/C19H24N4O5/c1-13-18(19(26)20-9-5-3-2-4-6-17(24)25)21-22-23(13)14-7-8-15-16(12-14)28-11-10-27-15/h7-8,12H,2-6,9-11H2,1H3,(H,20,26)(H,24,25). The van der Waals surface area contributed by atoms with E-state index in [2.05, 4.69) is 15.6 Å². The zero-order chi connectivity index (χ0) is 19.9. The fourth-order valence-corrected chi connectivity index (χ4v) is 2.99. The van der Waals surface area contributed by atoms with Crippen molar-refractivity contribution in [3.8, 4) is 17.2 Å². The molecular weight excluding hydrogens is 364 g/mol. The van der Waals surface area contributed by atoms with E-state index in [0.717, 1.165) is 24.9 Å². The lowest BCUT2D eigenvalue weighted by Gasteiger charge is -2.18. The van der Waals surface area contributed by atoms with Crippen LogP contribution in [0.2, 0.25) is 0 Å². The molecule has 0 atom stereocenters. The maximum absolute atomic E-state index is 12.4. The maximum Gasteiger partial charge on any atom is 0.303 e. The first-order valence-electron chi connectivity index (χ1n) is 9.38. The molecule has 9 heteroatoms. The number of carbonyl (C=O) groups is 2. The van der Waals surface area contributed by atoms with Crippen molar-refractivity contribution in [2.24, 2.45) is 0 Å². The Kier molecular flexibility index (Phi) is 6.46. The summed E-state index contributed by atoms with van der Waals surface area (Å²) in [4.78, 5) is 22.8. The summed E-state index contributed by atoms with van der Waals surface area (Å²) in [6, 6.07) is 5.47. The molecule has 3 rings (SSSR count). The van der Waals surface area contributed by atoms with Crippen molar-refractivity contribution < 1.29 is 24.2 Å². The quantitative estimate of drug-likeness (QED) is 0.632.